The van der Waals surface area contributed by atoms with Crippen LogP contribution in [0.4, 0.5) is 5.69 Å². The van der Waals surface area contributed by atoms with E-state index in [-0.39, 0.29) is 0 Å². The van der Waals surface area contributed by atoms with Gasteiger partial charge in [-0.15, -0.1) is 0 Å². The number of ether oxygens (including phenoxy) is 1. The van der Waals surface area contributed by atoms with E-state index in [1.807, 2.05) is 18.2 Å². The summed E-state index contributed by atoms with van der Waals surface area (Å²) in [6.45, 7) is 2.61. The van der Waals surface area contributed by atoms with Crippen LogP contribution in [-0.4, -0.2) is 0 Å². The molecule has 0 heterocycles. The van der Waals surface area contributed by atoms with E-state index in [9.17, 15) is 0 Å². The van der Waals surface area contributed by atoms with E-state index in [2.05, 4.69) is 47.1 Å². The molecule has 2 rings (SSSR count). The molecule has 0 spiro atoms. The van der Waals surface area contributed by atoms with Gasteiger partial charge in [-0.1, -0.05) is 29.8 Å². The van der Waals surface area contributed by atoms with Crippen molar-refractivity contribution in [2.45, 2.75) is 13.5 Å². The first kappa shape index (κ1) is 12.0. The number of aryl methyl sites for hydroxylation is 1. The molecule has 0 atom stereocenters. The molecule has 2 aromatic rings. The minimum atomic E-state index is 0.544. The molecule has 0 aliphatic carbocycles. The van der Waals surface area contributed by atoms with Crippen LogP contribution in [-0.2, 0) is 6.61 Å². The van der Waals surface area contributed by atoms with Crippen molar-refractivity contribution in [3.8, 4) is 5.75 Å². The number of anilines is 1. The van der Waals surface area contributed by atoms with Crippen LogP contribution in [0.2, 0.25) is 0 Å². The molecule has 2 aromatic carbocycles. The molecule has 0 aliphatic heterocycles. The third-order valence-corrected chi connectivity index (χ3v) is 3.13. The van der Waals surface area contributed by atoms with Gasteiger partial charge in [0.2, 0.25) is 0 Å². The van der Waals surface area contributed by atoms with Crippen LogP contribution in [0.1, 0.15) is 11.1 Å². The first-order valence-electron chi connectivity index (χ1n) is 5.38. The Hall–Kier alpha value is -1.48. The Kier molecular flexibility index (Phi) is 3.69. The van der Waals surface area contributed by atoms with Gasteiger partial charge in [0.25, 0.3) is 0 Å². The largest absolute Gasteiger partial charge is 0.488 e. The molecule has 0 saturated carbocycles. The molecule has 0 amide bonds. The zero-order valence-corrected chi connectivity index (χ0v) is 11.2. The summed E-state index contributed by atoms with van der Waals surface area (Å²) < 4.78 is 6.63. The van der Waals surface area contributed by atoms with Crippen molar-refractivity contribution >= 4 is 21.6 Å². The third-order valence-electron chi connectivity index (χ3n) is 2.47. The van der Waals surface area contributed by atoms with Gasteiger partial charge in [0.05, 0.1) is 4.47 Å². The van der Waals surface area contributed by atoms with Crippen molar-refractivity contribution in [2.24, 2.45) is 0 Å². The van der Waals surface area contributed by atoms with Crippen LogP contribution < -0.4 is 10.5 Å². The lowest BCUT2D eigenvalue weighted by atomic mass is 10.2. The van der Waals surface area contributed by atoms with E-state index in [0.29, 0.717) is 12.3 Å². The normalized spacial score (nSPS) is 10.2. The second kappa shape index (κ2) is 5.23. The Morgan fingerprint density at radius 3 is 2.53 bits per heavy atom. The van der Waals surface area contributed by atoms with Gasteiger partial charge in [0, 0.05) is 11.8 Å². The van der Waals surface area contributed by atoms with Crippen molar-refractivity contribution in [3.63, 3.8) is 0 Å². The van der Waals surface area contributed by atoms with Gasteiger partial charge < -0.3 is 10.5 Å². The lowest BCUT2D eigenvalue weighted by Crippen LogP contribution is -1.97. The minimum absolute atomic E-state index is 0.544. The minimum Gasteiger partial charge on any atom is -0.488 e. The molecule has 0 unspecified atom stereocenters. The van der Waals surface area contributed by atoms with Crippen molar-refractivity contribution < 1.29 is 4.74 Å². The summed E-state index contributed by atoms with van der Waals surface area (Å²) in [6.07, 6.45) is 0. The summed E-state index contributed by atoms with van der Waals surface area (Å²) in [5.41, 5.74) is 8.81. The Bertz CT molecular complexity index is 508. The summed E-state index contributed by atoms with van der Waals surface area (Å²) >= 11 is 3.44. The number of hydrogen-bond acceptors (Lipinski definition) is 2. The first-order chi connectivity index (χ1) is 8.15. The maximum Gasteiger partial charge on any atom is 0.136 e. The van der Waals surface area contributed by atoms with Crippen molar-refractivity contribution in [1.82, 2.24) is 0 Å². The average molecular weight is 292 g/mol. The van der Waals surface area contributed by atoms with Crippen molar-refractivity contribution in [2.75, 3.05) is 5.73 Å². The molecule has 0 radical (unpaired) electrons. The van der Waals surface area contributed by atoms with Crippen molar-refractivity contribution in [3.05, 3.63) is 58.1 Å². The Morgan fingerprint density at radius 2 is 1.82 bits per heavy atom. The van der Waals surface area contributed by atoms with Crippen molar-refractivity contribution in [1.29, 1.82) is 0 Å². The molecule has 3 heteroatoms. The predicted molar refractivity (Wildman–Crippen MR) is 74.1 cm³/mol. The van der Waals surface area contributed by atoms with Gasteiger partial charge >= 0.3 is 0 Å². The highest BCUT2D eigenvalue weighted by molar-refractivity contribution is 9.10. The molecule has 0 bridgehead atoms. The zero-order chi connectivity index (χ0) is 12.3. The van der Waals surface area contributed by atoms with Gasteiger partial charge in [-0.2, -0.15) is 0 Å². The maximum absolute atomic E-state index is 5.72. The van der Waals surface area contributed by atoms with Crippen LogP contribution >= 0.6 is 15.9 Å². The zero-order valence-electron chi connectivity index (χ0n) is 9.61. The second-order valence-electron chi connectivity index (χ2n) is 3.96. The van der Waals surface area contributed by atoms with Crippen LogP contribution in [0.15, 0.2) is 46.9 Å². The molecule has 88 valence electrons. The number of nitrogens with two attached hydrogens (primary N) is 1. The summed E-state index contributed by atoms with van der Waals surface area (Å²) in [5, 5.41) is 0. The van der Waals surface area contributed by atoms with E-state index in [1.165, 1.54) is 5.56 Å². The standard InChI is InChI=1S/C14H14BrNO/c1-10-2-4-11(5-3-10)9-17-14-8-12(16)6-7-13(14)15/h2-8H,9,16H2,1H3. The molecular weight excluding hydrogens is 278 g/mol. The summed E-state index contributed by atoms with van der Waals surface area (Å²) in [7, 11) is 0. The van der Waals surface area contributed by atoms with E-state index in [4.69, 9.17) is 10.5 Å². The fraction of sp³-hybridized carbons (Fsp3) is 0.143. The number of halogens is 1. The molecule has 0 fully saturated rings. The smallest absolute Gasteiger partial charge is 0.136 e. The quantitative estimate of drug-likeness (QED) is 0.870. The Morgan fingerprint density at radius 1 is 1.12 bits per heavy atom. The number of hydrogen-bond donors (Lipinski definition) is 1. The summed E-state index contributed by atoms with van der Waals surface area (Å²) in [6, 6.07) is 13.8. The van der Waals surface area contributed by atoms with Gasteiger partial charge in [0.1, 0.15) is 12.4 Å². The van der Waals surface area contributed by atoms with E-state index < -0.39 is 0 Å². The SMILES string of the molecule is Cc1ccc(COc2cc(N)ccc2Br)cc1. The molecule has 2 nitrogen and oxygen atoms in total. The highest BCUT2D eigenvalue weighted by Crippen LogP contribution is 2.27. The maximum atomic E-state index is 5.72. The summed E-state index contributed by atoms with van der Waals surface area (Å²) in [4.78, 5) is 0. The van der Waals surface area contributed by atoms with E-state index >= 15 is 0 Å². The number of benzene rings is 2. The molecule has 0 aliphatic rings. The molecule has 0 saturated heterocycles. The molecule has 17 heavy (non-hydrogen) atoms. The predicted octanol–water partition coefficient (Wildman–Crippen LogP) is 3.92. The fourth-order valence-electron chi connectivity index (χ4n) is 1.48. The fourth-order valence-corrected chi connectivity index (χ4v) is 1.84. The second-order valence-corrected chi connectivity index (χ2v) is 4.82. The van der Waals surface area contributed by atoms with E-state index in [0.717, 1.165) is 15.8 Å². The van der Waals surface area contributed by atoms with Crippen LogP contribution in [0.25, 0.3) is 0 Å². The van der Waals surface area contributed by atoms with Crippen LogP contribution in [0, 0.1) is 6.92 Å². The lowest BCUT2D eigenvalue weighted by Gasteiger charge is -2.09. The highest BCUT2D eigenvalue weighted by atomic mass is 79.9. The van der Waals surface area contributed by atoms with Crippen LogP contribution in [0.5, 0.6) is 5.75 Å². The van der Waals surface area contributed by atoms with E-state index in [1.54, 1.807) is 0 Å². The monoisotopic (exact) mass is 291 g/mol. The summed E-state index contributed by atoms with van der Waals surface area (Å²) in [5.74, 6) is 0.769. The first-order valence-corrected chi connectivity index (χ1v) is 6.18. The Balaban J connectivity index is 2.07. The van der Waals surface area contributed by atoms with Gasteiger partial charge in [-0.25, -0.2) is 0 Å². The lowest BCUT2D eigenvalue weighted by molar-refractivity contribution is 0.304. The van der Waals surface area contributed by atoms with Gasteiger partial charge in [-0.05, 0) is 40.5 Å². The number of rotatable bonds is 3. The number of nitrogen functional groups attached to an aromatic ring is 1. The molecule has 2 N–H and O–H groups in total. The molecular formula is C14H14BrNO. The third kappa shape index (κ3) is 3.24. The van der Waals surface area contributed by atoms with Gasteiger partial charge in [-0.3, -0.25) is 0 Å². The Labute approximate surface area is 110 Å². The van der Waals surface area contributed by atoms with Gasteiger partial charge in [0.15, 0.2) is 0 Å². The highest BCUT2D eigenvalue weighted by Gasteiger charge is 2.02. The van der Waals surface area contributed by atoms with Crippen LogP contribution in [0.3, 0.4) is 0 Å². The molecule has 0 aromatic heterocycles. The average Bonchev–Trinajstić information content (AvgIpc) is 2.32. The topological polar surface area (TPSA) is 35.2 Å².